The molecule has 1 fully saturated rings. The third-order valence-electron chi connectivity index (χ3n) is 3.89. The van der Waals surface area contributed by atoms with E-state index in [1.807, 2.05) is 29.2 Å². The lowest BCUT2D eigenvalue weighted by molar-refractivity contribution is -0.125. The Morgan fingerprint density at radius 2 is 2.24 bits per heavy atom. The highest BCUT2D eigenvalue weighted by atomic mass is 16.2. The van der Waals surface area contributed by atoms with Crippen LogP contribution >= 0.6 is 0 Å². The van der Waals surface area contributed by atoms with Crippen LogP contribution in [-0.4, -0.2) is 36.3 Å². The predicted molar refractivity (Wildman–Crippen MR) is 82.8 cm³/mol. The monoisotopic (exact) mass is 289 g/mol. The number of nitrogens with zero attached hydrogens (tertiary/aromatic N) is 1. The minimum absolute atomic E-state index is 0.0478. The molecule has 1 aromatic rings. The zero-order valence-electron chi connectivity index (χ0n) is 12.5. The van der Waals surface area contributed by atoms with E-state index in [4.69, 9.17) is 5.73 Å². The first-order chi connectivity index (χ1) is 10.1. The van der Waals surface area contributed by atoms with Crippen molar-refractivity contribution in [2.45, 2.75) is 26.2 Å². The summed E-state index contributed by atoms with van der Waals surface area (Å²) in [6.07, 6.45) is 2.67. The average molecular weight is 289 g/mol. The standard InChI is InChI=1S/C16H23N3O2/c1-2-12-5-3-7-14(9-12)18-15(20)11-19-8-4-6-13(10-19)16(17)21/h3,5,7,9,13H,2,4,6,8,10-11H2,1H3,(H2,17,21)(H,18,20)/t13-/m1/s1. The number of nitrogens with two attached hydrogens (primary N) is 1. The van der Waals surface area contributed by atoms with Crippen molar-refractivity contribution in [1.29, 1.82) is 0 Å². The topological polar surface area (TPSA) is 75.4 Å². The number of piperidine rings is 1. The summed E-state index contributed by atoms with van der Waals surface area (Å²) in [5, 5.41) is 2.91. The highest BCUT2D eigenvalue weighted by Crippen LogP contribution is 2.16. The molecule has 1 aromatic carbocycles. The van der Waals surface area contributed by atoms with E-state index < -0.39 is 0 Å². The fourth-order valence-corrected chi connectivity index (χ4v) is 2.70. The molecule has 3 N–H and O–H groups in total. The van der Waals surface area contributed by atoms with E-state index in [2.05, 4.69) is 12.2 Å². The third-order valence-corrected chi connectivity index (χ3v) is 3.89. The molecule has 1 aliphatic rings. The highest BCUT2D eigenvalue weighted by Gasteiger charge is 2.25. The Morgan fingerprint density at radius 3 is 2.95 bits per heavy atom. The van der Waals surface area contributed by atoms with E-state index in [0.717, 1.165) is 31.5 Å². The zero-order chi connectivity index (χ0) is 15.2. The Kier molecular flexibility index (Phi) is 5.33. The zero-order valence-corrected chi connectivity index (χ0v) is 12.5. The highest BCUT2D eigenvalue weighted by molar-refractivity contribution is 5.92. The molecular weight excluding hydrogens is 266 g/mol. The summed E-state index contributed by atoms with van der Waals surface area (Å²) >= 11 is 0. The number of primary amides is 1. The second-order valence-corrected chi connectivity index (χ2v) is 5.58. The van der Waals surface area contributed by atoms with Gasteiger partial charge in [0.15, 0.2) is 0 Å². The lowest BCUT2D eigenvalue weighted by Gasteiger charge is -2.30. The van der Waals surface area contributed by atoms with Crippen molar-refractivity contribution >= 4 is 17.5 Å². The van der Waals surface area contributed by atoms with Crippen molar-refractivity contribution in [2.75, 3.05) is 25.0 Å². The Hall–Kier alpha value is -1.88. The van der Waals surface area contributed by atoms with Crippen LogP contribution in [0, 0.1) is 5.92 Å². The van der Waals surface area contributed by atoms with Gasteiger partial charge in [-0.1, -0.05) is 19.1 Å². The molecule has 0 bridgehead atoms. The number of carbonyl (C=O) groups is 2. The molecule has 0 spiro atoms. The third kappa shape index (κ3) is 4.56. The summed E-state index contributed by atoms with van der Waals surface area (Å²) in [5.41, 5.74) is 7.37. The molecule has 1 saturated heterocycles. The van der Waals surface area contributed by atoms with Crippen LogP contribution < -0.4 is 11.1 Å². The summed E-state index contributed by atoms with van der Waals surface area (Å²) in [6, 6.07) is 7.86. The molecule has 5 heteroatoms. The number of likely N-dealkylation sites (tertiary alicyclic amines) is 1. The molecule has 2 rings (SSSR count). The van der Waals surface area contributed by atoms with Gasteiger partial charge in [0.2, 0.25) is 11.8 Å². The summed E-state index contributed by atoms with van der Waals surface area (Å²) in [6.45, 7) is 3.81. The maximum atomic E-state index is 12.1. The molecule has 1 heterocycles. The van der Waals surface area contributed by atoms with Gasteiger partial charge in [-0.15, -0.1) is 0 Å². The summed E-state index contributed by atoms with van der Waals surface area (Å²) in [5.74, 6) is -0.445. The van der Waals surface area contributed by atoms with E-state index in [-0.39, 0.29) is 17.7 Å². The van der Waals surface area contributed by atoms with Crippen LogP contribution in [0.3, 0.4) is 0 Å². The Balaban J connectivity index is 1.87. The average Bonchev–Trinajstić information content (AvgIpc) is 2.47. The summed E-state index contributed by atoms with van der Waals surface area (Å²) in [4.78, 5) is 25.3. The number of nitrogens with one attached hydrogen (secondary N) is 1. The van der Waals surface area contributed by atoms with Gasteiger partial charge in [0.1, 0.15) is 0 Å². The normalized spacial score (nSPS) is 19.2. The van der Waals surface area contributed by atoms with Crippen molar-refractivity contribution in [2.24, 2.45) is 11.7 Å². The molecule has 0 unspecified atom stereocenters. The molecule has 0 aromatic heterocycles. The van der Waals surface area contributed by atoms with Crippen LogP contribution in [0.15, 0.2) is 24.3 Å². The van der Waals surface area contributed by atoms with Gasteiger partial charge in [-0.05, 0) is 43.5 Å². The predicted octanol–water partition coefficient (Wildman–Crippen LogP) is 1.38. The van der Waals surface area contributed by atoms with E-state index in [0.29, 0.717) is 13.1 Å². The molecule has 0 aliphatic carbocycles. The van der Waals surface area contributed by atoms with Gasteiger partial charge in [-0.2, -0.15) is 0 Å². The van der Waals surface area contributed by atoms with Crippen molar-refractivity contribution in [3.63, 3.8) is 0 Å². The number of hydrogen-bond donors (Lipinski definition) is 2. The van der Waals surface area contributed by atoms with Gasteiger partial charge in [-0.3, -0.25) is 14.5 Å². The lowest BCUT2D eigenvalue weighted by Crippen LogP contribution is -2.44. The fourth-order valence-electron chi connectivity index (χ4n) is 2.70. The molecule has 114 valence electrons. The number of hydrogen-bond acceptors (Lipinski definition) is 3. The van der Waals surface area contributed by atoms with E-state index >= 15 is 0 Å². The first-order valence-electron chi connectivity index (χ1n) is 7.49. The van der Waals surface area contributed by atoms with Gasteiger partial charge in [0.05, 0.1) is 12.5 Å². The molecule has 2 amide bonds. The Morgan fingerprint density at radius 1 is 1.43 bits per heavy atom. The minimum atomic E-state index is -0.268. The van der Waals surface area contributed by atoms with Gasteiger partial charge in [-0.25, -0.2) is 0 Å². The number of benzene rings is 1. The van der Waals surface area contributed by atoms with Crippen LogP contribution in [0.4, 0.5) is 5.69 Å². The van der Waals surface area contributed by atoms with E-state index in [1.165, 1.54) is 5.56 Å². The number of rotatable bonds is 5. The van der Waals surface area contributed by atoms with Crippen molar-refractivity contribution < 1.29 is 9.59 Å². The first kappa shape index (κ1) is 15.5. The smallest absolute Gasteiger partial charge is 0.238 e. The summed E-state index contributed by atoms with van der Waals surface area (Å²) in [7, 11) is 0. The van der Waals surface area contributed by atoms with Crippen LogP contribution in [-0.2, 0) is 16.0 Å². The molecule has 21 heavy (non-hydrogen) atoms. The van der Waals surface area contributed by atoms with Gasteiger partial charge in [0.25, 0.3) is 0 Å². The van der Waals surface area contributed by atoms with Crippen molar-refractivity contribution in [1.82, 2.24) is 4.90 Å². The second-order valence-electron chi connectivity index (χ2n) is 5.58. The molecule has 0 saturated carbocycles. The van der Waals surface area contributed by atoms with Crippen LogP contribution in [0.5, 0.6) is 0 Å². The molecule has 5 nitrogen and oxygen atoms in total. The quantitative estimate of drug-likeness (QED) is 0.860. The van der Waals surface area contributed by atoms with Crippen molar-refractivity contribution in [3.8, 4) is 0 Å². The van der Waals surface area contributed by atoms with Gasteiger partial charge >= 0.3 is 0 Å². The molecule has 0 radical (unpaired) electrons. The number of anilines is 1. The second kappa shape index (κ2) is 7.22. The SMILES string of the molecule is CCc1cccc(NC(=O)CN2CCC[C@@H](C(N)=O)C2)c1. The van der Waals surface area contributed by atoms with Gasteiger partial charge in [0, 0.05) is 12.2 Å². The first-order valence-corrected chi connectivity index (χ1v) is 7.49. The van der Waals surface area contributed by atoms with E-state index in [9.17, 15) is 9.59 Å². The van der Waals surface area contributed by atoms with Crippen LogP contribution in [0.2, 0.25) is 0 Å². The largest absolute Gasteiger partial charge is 0.369 e. The summed E-state index contributed by atoms with van der Waals surface area (Å²) < 4.78 is 0. The van der Waals surface area contributed by atoms with Crippen molar-refractivity contribution in [3.05, 3.63) is 29.8 Å². The fraction of sp³-hybridized carbons (Fsp3) is 0.500. The lowest BCUT2D eigenvalue weighted by atomic mass is 9.97. The van der Waals surface area contributed by atoms with E-state index in [1.54, 1.807) is 0 Å². The van der Waals surface area contributed by atoms with Crippen LogP contribution in [0.1, 0.15) is 25.3 Å². The minimum Gasteiger partial charge on any atom is -0.369 e. The number of aryl methyl sites for hydroxylation is 1. The maximum absolute atomic E-state index is 12.1. The Labute approximate surface area is 125 Å². The van der Waals surface area contributed by atoms with Crippen LogP contribution in [0.25, 0.3) is 0 Å². The Bertz CT molecular complexity index is 516. The maximum Gasteiger partial charge on any atom is 0.238 e. The number of amides is 2. The molecule has 1 aliphatic heterocycles. The molecule has 1 atom stereocenters. The molecular formula is C16H23N3O2. The van der Waals surface area contributed by atoms with Gasteiger partial charge < -0.3 is 11.1 Å². The number of carbonyl (C=O) groups excluding carboxylic acids is 2.